The third-order valence-corrected chi connectivity index (χ3v) is 4.17. The van der Waals surface area contributed by atoms with E-state index in [9.17, 15) is 4.79 Å². The number of methoxy groups -OCH3 is 1. The molecule has 1 aromatic heterocycles. The van der Waals surface area contributed by atoms with Crippen molar-refractivity contribution in [3.63, 3.8) is 0 Å². The minimum Gasteiger partial charge on any atom is -0.497 e. The van der Waals surface area contributed by atoms with Gasteiger partial charge in [-0.05, 0) is 42.0 Å². The summed E-state index contributed by atoms with van der Waals surface area (Å²) in [6.45, 7) is 0.751. The molecule has 0 saturated carbocycles. The van der Waals surface area contributed by atoms with Gasteiger partial charge in [0.05, 0.1) is 12.6 Å². The maximum Gasteiger partial charge on any atom is 0.166 e. The minimum absolute atomic E-state index is 0.243. The number of benzene rings is 2. The molecular weight excluding hydrogens is 262 g/mol. The van der Waals surface area contributed by atoms with Crippen LogP contribution in [-0.4, -0.2) is 17.5 Å². The minimum atomic E-state index is 0.243. The summed E-state index contributed by atoms with van der Waals surface area (Å²) in [7, 11) is 1.67. The van der Waals surface area contributed by atoms with E-state index >= 15 is 0 Å². The number of para-hydroxylation sites is 1. The highest BCUT2D eigenvalue weighted by Crippen LogP contribution is 2.34. The zero-order valence-electron chi connectivity index (χ0n) is 11.8. The highest BCUT2D eigenvalue weighted by Gasteiger charge is 2.22. The second-order valence-corrected chi connectivity index (χ2v) is 5.33. The lowest BCUT2D eigenvalue weighted by molar-refractivity contribution is 0.0973. The molecular formula is C18H15NO2. The molecule has 0 radical (unpaired) electrons. The Morgan fingerprint density at radius 1 is 1.10 bits per heavy atom. The fraction of sp³-hybridized carbons (Fsp3) is 0.167. The summed E-state index contributed by atoms with van der Waals surface area (Å²) in [6, 6.07) is 16.2. The fourth-order valence-electron chi connectivity index (χ4n) is 3.13. The summed E-state index contributed by atoms with van der Waals surface area (Å²) < 4.78 is 7.47. The van der Waals surface area contributed by atoms with Crippen molar-refractivity contribution >= 4 is 16.7 Å². The van der Waals surface area contributed by atoms with Crippen LogP contribution in [0.4, 0.5) is 0 Å². The Labute approximate surface area is 122 Å². The summed E-state index contributed by atoms with van der Waals surface area (Å²) in [4.78, 5) is 12.1. The zero-order valence-corrected chi connectivity index (χ0v) is 11.8. The van der Waals surface area contributed by atoms with Gasteiger partial charge < -0.3 is 9.30 Å². The molecule has 0 amide bonds. The van der Waals surface area contributed by atoms with Crippen LogP contribution in [0.2, 0.25) is 0 Å². The number of aryl methyl sites for hydroxylation is 1. The monoisotopic (exact) mass is 277 g/mol. The normalized spacial score (nSPS) is 13.7. The molecule has 0 spiro atoms. The lowest BCUT2D eigenvalue weighted by Crippen LogP contribution is -2.14. The number of hydrogen-bond acceptors (Lipinski definition) is 2. The second-order valence-electron chi connectivity index (χ2n) is 5.33. The van der Waals surface area contributed by atoms with Crippen molar-refractivity contribution in [3.8, 4) is 17.0 Å². The van der Waals surface area contributed by atoms with Crippen molar-refractivity contribution < 1.29 is 9.53 Å². The van der Waals surface area contributed by atoms with E-state index in [2.05, 4.69) is 28.8 Å². The topological polar surface area (TPSA) is 31.2 Å². The molecule has 2 heterocycles. The maximum absolute atomic E-state index is 12.1. The molecule has 0 atom stereocenters. The summed E-state index contributed by atoms with van der Waals surface area (Å²) in [5, 5.41) is 1.13. The smallest absolute Gasteiger partial charge is 0.166 e. The Bertz CT molecular complexity index is 844. The van der Waals surface area contributed by atoms with Crippen LogP contribution in [0, 0.1) is 0 Å². The van der Waals surface area contributed by atoms with Gasteiger partial charge in [0, 0.05) is 29.6 Å². The summed E-state index contributed by atoms with van der Waals surface area (Å²) >= 11 is 0. The van der Waals surface area contributed by atoms with E-state index < -0.39 is 0 Å². The molecule has 3 heteroatoms. The van der Waals surface area contributed by atoms with E-state index in [4.69, 9.17) is 4.74 Å². The molecule has 104 valence electrons. The Balaban J connectivity index is 1.96. The summed E-state index contributed by atoms with van der Waals surface area (Å²) in [5.41, 5.74) is 4.22. The SMILES string of the molecule is COc1ccc(-c2cc3cccc4c3n2CCC4=O)cc1. The van der Waals surface area contributed by atoms with Gasteiger partial charge in [-0.1, -0.05) is 12.1 Å². The lowest BCUT2D eigenvalue weighted by Gasteiger charge is -2.17. The van der Waals surface area contributed by atoms with Gasteiger partial charge in [-0.15, -0.1) is 0 Å². The van der Waals surface area contributed by atoms with Crippen LogP contribution in [0.15, 0.2) is 48.5 Å². The summed E-state index contributed by atoms with van der Waals surface area (Å²) in [5.74, 6) is 1.09. The van der Waals surface area contributed by atoms with Gasteiger partial charge in [0.1, 0.15) is 5.75 Å². The van der Waals surface area contributed by atoms with Gasteiger partial charge >= 0.3 is 0 Å². The molecule has 0 aliphatic carbocycles. The number of carbonyl (C=O) groups is 1. The highest BCUT2D eigenvalue weighted by atomic mass is 16.5. The molecule has 3 nitrogen and oxygen atoms in total. The van der Waals surface area contributed by atoms with Crippen LogP contribution in [0.1, 0.15) is 16.8 Å². The predicted octanol–water partition coefficient (Wildman–Crippen LogP) is 3.90. The largest absolute Gasteiger partial charge is 0.497 e. The quantitative estimate of drug-likeness (QED) is 0.711. The van der Waals surface area contributed by atoms with Crippen molar-refractivity contribution in [3.05, 3.63) is 54.1 Å². The van der Waals surface area contributed by atoms with Crippen molar-refractivity contribution in [2.75, 3.05) is 7.11 Å². The molecule has 0 bridgehead atoms. The van der Waals surface area contributed by atoms with Crippen molar-refractivity contribution in [2.24, 2.45) is 0 Å². The van der Waals surface area contributed by atoms with E-state index in [1.165, 1.54) is 0 Å². The predicted molar refractivity (Wildman–Crippen MR) is 82.9 cm³/mol. The van der Waals surface area contributed by atoms with Crippen molar-refractivity contribution in [1.82, 2.24) is 4.57 Å². The average molecular weight is 277 g/mol. The Morgan fingerprint density at radius 3 is 2.67 bits per heavy atom. The number of aromatic nitrogens is 1. The number of hydrogen-bond donors (Lipinski definition) is 0. The Kier molecular flexibility index (Phi) is 2.61. The number of carbonyl (C=O) groups excluding carboxylic acids is 1. The Morgan fingerprint density at radius 2 is 1.90 bits per heavy atom. The number of Topliss-reactive ketones (excluding diaryl/α,β-unsaturated/α-hetero) is 1. The summed E-state index contributed by atoms with van der Waals surface area (Å²) in [6.07, 6.45) is 0.573. The number of ketones is 1. The van der Waals surface area contributed by atoms with Gasteiger partial charge in [0.25, 0.3) is 0 Å². The number of rotatable bonds is 2. The first kappa shape index (κ1) is 12.2. The van der Waals surface area contributed by atoms with Gasteiger partial charge in [0.2, 0.25) is 0 Å². The highest BCUT2D eigenvalue weighted by molar-refractivity contribution is 6.09. The zero-order chi connectivity index (χ0) is 14.4. The van der Waals surface area contributed by atoms with Gasteiger partial charge in [0.15, 0.2) is 5.78 Å². The van der Waals surface area contributed by atoms with Crippen LogP contribution in [-0.2, 0) is 6.54 Å². The fourth-order valence-corrected chi connectivity index (χ4v) is 3.13. The molecule has 0 saturated heterocycles. The first-order chi connectivity index (χ1) is 10.3. The van der Waals surface area contributed by atoms with E-state index in [1.54, 1.807) is 7.11 Å². The standard InChI is InChI=1S/C18H15NO2/c1-21-14-7-5-12(6-8-14)16-11-13-3-2-4-15-17(20)9-10-19(16)18(13)15/h2-8,11H,9-10H2,1H3. The first-order valence-electron chi connectivity index (χ1n) is 7.08. The van der Waals surface area contributed by atoms with Gasteiger partial charge in [-0.25, -0.2) is 0 Å². The second kappa shape index (κ2) is 4.48. The van der Waals surface area contributed by atoms with Crippen molar-refractivity contribution in [2.45, 2.75) is 13.0 Å². The number of nitrogens with zero attached hydrogens (tertiary/aromatic N) is 1. The molecule has 3 aromatic rings. The molecule has 2 aromatic carbocycles. The van der Waals surface area contributed by atoms with Crippen LogP contribution in [0.3, 0.4) is 0 Å². The molecule has 1 aliphatic rings. The molecule has 0 fully saturated rings. The van der Waals surface area contributed by atoms with Crippen molar-refractivity contribution in [1.29, 1.82) is 0 Å². The maximum atomic E-state index is 12.1. The third-order valence-electron chi connectivity index (χ3n) is 4.17. The van der Waals surface area contributed by atoms with E-state index in [0.29, 0.717) is 6.42 Å². The molecule has 0 unspecified atom stereocenters. The van der Waals surface area contributed by atoms with Crippen LogP contribution in [0.25, 0.3) is 22.2 Å². The number of ether oxygens (including phenoxy) is 1. The van der Waals surface area contributed by atoms with Gasteiger partial charge in [-0.3, -0.25) is 4.79 Å². The van der Waals surface area contributed by atoms with Crippen LogP contribution in [0.5, 0.6) is 5.75 Å². The molecule has 21 heavy (non-hydrogen) atoms. The van der Waals surface area contributed by atoms with E-state index in [0.717, 1.165) is 40.0 Å². The van der Waals surface area contributed by atoms with Gasteiger partial charge in [-0.2, -0.15) is 0 Å². The van der Waals surface area contributed by atoms with E-state index in [1.807, 2.05) is 24.3 Å². The molecule has 1 aliphatic heterocycles. The third kappa shape index (κ3) is 1.77. The van der Waals surface area contributed by atoms with Crippen LogP contribution < -0.4 is 4.74 Å². The Hall–Kier alpha value is -2.55. The average Bonchev–Trinajstić information content (AvgIpc) is 2.91. The molecule has 4 rings (SSSR count). The lowest BCUT2D eigenvalue weighted by atomic mass is 10.0. The molecule has 0 N–H and O–H groups in total. The van der Waals surface area contributed by atoms with Crippen LogP contribution >= 0.6 is 0 Å². The van der Waals surface area contributed by atoms with E-state index in [-0.39, 0.29) is 5.78 Å². The first-order valence-corrected chi connectivity index (χ1v) is 7.08.